The van der Waals surface area contributed by atoms with Gasteiger partial charge in [0.2, 0.25) is 0 Å². The van der Waals surface area contributed by atoms with Crippen LogP contribution in [-0.2, 0) is 9.53 Å². The molecule has 0 aromatic carbocycles. The molecule has 23 heavy (non-hydrogen) atoms. The van der Waals surface area contributed by atoms with Gasteiger partial charge in [-0.25, -0.2) is 4.79 Å². The van der Waals surface area contributed by atoms with Gasteiger partial charge in [0.05, 0.1) is 17.1 Å². The van der Waals surface area contributed by atoms with E-state index in [4.69, 9.17) is 22.4 Å². The Hall–Kier alpha value is -2.30. The second-order valence-corrected chi connectivity index (χ2v) is 6.66. The number of rotatable bonds is 2. The van der Waals surface area contributed by atoms with E-state index in [0.29, 0.717) is 21.8 Å². The van der Waals surface area contributed by atoms with E-state index in [2.05, 4.69) is 16.2 Å². The fraction of sp³-hybridized carbons (Fsp3) is 0.353. The van der Waals surface area contributed by atoms with Crippen LogP contribution in [0.25, 0.3) is 0 Å². The average molecular weight is 329 g/mol. The molecule has 1 aromatic heterocycles. The molecule has 2 rings (SSSR count). The topological polar surface area (TPSA) is 75.1 Å². The quantitative estimate of drug-likeness (QED) is 0.378. The summed E-state index contributed by atoms with van der Waals surface area (Å²) in [6.07, 6.45) is 3.31. The van der Waals surface area contributed by atoms with Crippen molar-refractivity contribution in [3.8, 4) is 0 Å². The number of hydrogen-bond acceptors (Lipinski definition) is 5. The van der Waals surface area contributed by atoms with Crippen LogP contribution in [0.2, 0.25) is 0 Å². The van der Waals surface area contributed by atoms with E-state index in [-0.39, 0.29) is 0 Å². The molecule has 0 saturated heterocycles. The Labute approximate surface area is 141 Å². The molecule has 5 nitrogen and oxygen atoms in total. The molecule has 0 fully saturated rings. The van der Waals surface area contributed by atoms with Gasteiger partial charge >= 0.3 is 5.97 Å². The van der Waals surface area contributed by atoms with Crippen LogP contribution in [0, 0.1) is 5.41 Å². The first kappa shape index (κ1) is 17.1. The van der Waals surface area contributed by atoms with E-state index >= 15 is 0 Å². The molecule has 0 bridgehead atoms. The van der Waals surface area contributed by atoms with Gasteiger partial charge in [0, 0.05) is 18.1 Å². The van der Waals surface area contributed by atoms with E-state index in [1.165, 1.54) is 0 Å². The third kappa shape index (κ3) is 3.73. The Morgan fingerprint density at radius 3 is 2.70 bits per heavy atom. The molecule has 1 aliphatic heterocycles. The molecule has 1 aliphatic rings. The number of nitrogens with zero attached hydrogens (tertiary/aromatic N) is 1. The van der Waals surface area contributed by atoms with Crippen LogP contribution in [0.15, 0.2) is 41.4 Å². The third-order valence-corrected chi connectivity index (χ3v) is 3.62. The van der Waals surface area contributed by atoms with E-state index in [1.54, 1.807) is 25.4 Å². The highest BCUT2D eigenvalue weighted by Crippen LogP contribution is 2.36. The predicted molar refractivity (Wildman–Crippen MR) is 92.5 cm³/mol. The molecular formula is C17H19N3O2S. The van der Waals surface area contributed by atoms with Gasteiger partial charge in [-0.3, -0.25) is 10.4 Å². The van der Waals surface area contributed by atoms with Crippen molar-refractivity contribution in [2.75, 3.05) is 0 Å². The van der Waals surface area contributed by atoms with Crippen molar-refractivity contribution >= 4 is 29.0 Å². The Morgan fingerprint density at radius 1 is 1.48 bits per heavy atom. The summed E-state index contributed by atoms with van der Waals surface area (Å²) in [5.74, 6) is 1.42. The van der Waals surface area contributed by atoms with Gasteiger partial charge in [0.15, 0.2) is 0 Å². The van der Waals surface area contributed by atoms with E-state index < -0.39 is 17.5 Å². The summed E-state index contributed by atoms with van der Waals surface area (Å²) >= 11 is 5.29. The number of esters is 1. The van der Waals surface area contributed by atoms with Crippen molar-refractivity contribution in [2.24, 2.45) is 0 Å². The second-order valence-electron chi connectivity index (χ2n) is 6.25. The van der Waals surface area contributed by atoms with Crippen LogP contribution in [0.5, 0.6) is 0 Å². The van der Waals surface area contributed by atoms with Crippen molar-refractivity contribution in [1.82, 2.24) is 10.3 Å². The Bertz CT molecular complexity index is 726. The zero-order chi connectivity index (χ0) is 17.2. The van der Waals surface area contributed by atoms with Crippen LogP contribution in [-0.4, -0.2) is 27.4 Å². The molecule has 6 heteroatoms. The summed E-state index contributed by atoms with van der Waals surface area (Å²) in [5, 5.41) is 10.5. The smallest absolute Gasteiger partial charge is 0.337 e. The molecule has 0 amide bonds. The maximum atomic E-state index is 12.7. The molecule has 0 aliphatic carbocycles. The minimum atomic E-state index is -0.615. The highest BCUT2D eigenvalue weighted by molar-refractivity contribution is 7.80. The summed E-state index contributed by atoms with van der Waals surface area (Å²) < 4.78 is 5.52. The van der Waals surface area contributed by atoms with Crippen molar-refractivity contribution in [2.45, 2.75) is 39.2 Å². The van der Waals surface area contributed by atoms with Gasteiger partial charge in [-0.15, -0.1) is 0 Å². The number of aromatic nitrogens is 1. The Balaban J connectivity index is 2.59. The molecule has 2 N–H and O–H groups in total. The van der Waals surface area contributed by atoms with Crippen LogP contribution >= 0.6 is 12.2 Å². The Morgan fingerprint density at radius 2 is 2.17 bits per heavy atom. The maximum Gasteiger partial charge on any atom is 0.337 e. The number of carbonyl (C=O) groups is 1. The van der Waals surface area contributed by atoms with Gasteiger partial charge in [0.25, 0.3) is 0 Å². The van der Waals surface area contributed by atoms with Crippen molar-refractivity contribution in [1.29, 1.82) is 5.41 Å². The summed E-state index contributed by atoms with van der Waals surface area (Å²) in [6, 6.07) is 3.63. The third-order valence-electron chi connectivity index (χ3n) is 3.30. The fourth-order valence-corrected chi connectivity index (χ4v) is 2.73. The minimum absolute atomic E-state index is 0.388. The van der Waals surface area contributed by atoms with Crippen molar-refractivity contribution in [3.63, 3.8) is 0 Å². The van der Waals surface area contributed by atoms with Crippen LogP contribution in [0.1, 0.15) is 39.2 Å². The molecule has 0 saturated carbocycles. The summed E-state index contributed by atoms with van der Waals surface area (Å²) in [7, 11) is 0. The number of thiocarbonyl (C=S) groups is 1. The summed E-state index contributed by atoms with van der Waals surface area (Å²) in [4.78, 5) is 17.2. The van der Waals surface area contributed by atoms with E-state index in [0.717, 1.165) is 5.56 Å². The number of allylic oxidation sites excluding steroid dienone is 1. The maximum absolute atomic E-state index is 12.7. The molecule has 1 unspecified atom stereocenters. The lowest BCUT2D eigenvalue weighted by atomic mass is 9.82. The number of pyridine rings is 1. The molecular weight excluding hydrogens is 310 g/mol. The number of carbonyl (C=O) groups excluding carboxylic acids is 1. The normalized spacial score (nSPS) is 18.3. The van der Waals surface area contributed by atoms with Crippen LogP contribution in [0.4, 0.5) is 0 Å². The predicted octanol–water partition coefficient (Wildman–Crippen LogP) is 2.89. The molecule has 1 aromatic rings. The Kier molecular flexibility index (Phi) is 4.78. The first-order valence-corrected chi connectivity index (χ1v) is 7.60. The fourth-order valence-electron chi connectivity index (χ4n) is 2.41. The average Bonchev–Trinajstić information content (AvgIpc) is 2.45. The molecule has 120 valence electrons. The number of nitrogens with one attached hydrogen (secondary N) is 2. The van der Waals surface area contributed by atoms with Gasteiger partial charge in [-0.05, 0) is 45.2 Å². The molecule has 1 atom stereocenters. The standard InChI is InChI=1S/C17H19N3O2S/c1-10-13(16(21)22-17(2,3)4)14(11-6-5-7-19-9-11)12(8-18)15(23)20-10/h5-7,9,14,18H,1-4H3,(H,20,23). The SMILES string of the molecule is CC1=C(C(=O)OC(C)(C)C)C(c2cccnc2)C(=C=N)C(=S)N1. The van der Waals surface area contributed by atoms with Crippen LogP contribution in [0.3, 0.4) is 0 Å². The van der Waals surface area contributed by atoms with Crippen LogP contribution < -0.4 is 5.32 Å². The zero-order valence-electron chi connectivity index (χ0n) is 13.6. The van der Waals surface area contributed by atoms with Crippen molar-refractivity contribution in [3.05, 3.63) is 46.9 Å². The summed E-state index contributed by atoms with van der Waals surface area (Å²) in [6.45, 7) is 7.21. The molecule has 0 radical (unpaired) electrons. The van der Waals surface area contributed by atoms with Gasteiger partial charge in [0.1, 0.15) is 10.6 Å². The second kappa shape index (κ2) is 6.44. The summed E-state index contributed by atoms with van der Waals surface area (Å²) in [5.41, 5.74) is 1.63. The highest BCUT2D eigenvalue weighted by Gasteiger charge is 2.37. The van der Waals surface area contributed by atoms with Gasteiger partial charge in [-0.2, -0.15) is 0 Å². The van der Waals surface area contributed by atoms with Crippen molar-refractivity contribution < 1.29 is 9.53 Å². The lowest BCUT2D eigenvalue weighted by Gasteiger charge is -2.31. The van der Waals surface area contributed by atoms with E-state index in [1.807, 2.05) is 26.8 Å². The van der Waals surface area contributed by atoms with E-state index in [9.17, 15) is 4.79 Å². The number of hydrogen-bond donors (Lipinski definition) is 2. The monoisotopic (exact) mass is 329 g/mol. The lowest BCUT2D eigenvalue weighted by Crippen LogP contribution is -2.37. The number of ether oxygens (including phenoxy) is 1. The largest absolute Gasteiger partial charge is 0.457 e. The van der Waals surface area contributed by atoms with Gasteiger partial charge < -0.3 is 10.1 Å². The minimum Gasteiger partial charge on any atom is -0.457 e. The molecule has 2 heterocycles. The lowest BCUT2D eigenvalue weighted by molar-refractivity contribution is -0.150. The zero-order valence-corrected chi connectivity index (χ0v) is 14.4. The molecule has 0 spiro atoms. The first-order valence-electron chi connectivity index (χ1n) is 7.19. The highest BCUT2D eigenvalue weighted by atomic mass is 32.1. The first-order chi connectivity index (χ1) is 10.7. The van der Waals surface area contributed by atoms with Gasteiger partial charge in [-0.1, -0.05) is 18.3 Å².